The summed E-state index contributed by atoms with van der Waals surface area (Å²) in [5, 5.41) is 0.245. The van der Waals surface area contributed by atoms with Gasteiger partial charge in [0, 0.05) is 19.5 Å². The second-order valence-electron chi connectivity index (χ2n) is 5.34. The molecule has 22 heavy (non-hydrogen) atoms. The molecule has 6 nitrogen and oxygen atoms in total. The molecule has 122 valence electrons. The predicted molar refractivity (Wildman–Crippen MR) is 83.3 cm³/mol. The minimum absolute atomic E-state index is 0.0326. The van der Waals surface area contributed by atoms with Crippen LogP contribution in [0.3, 0.4) is 0 Å². The molecule has 0 spiro atoms. The number of carbonyl (C=O) groups excluding carboxylic acids is 1. The van der Waals surface area contributed by atoms with Gasteiger partial charge in [0.25, 0.3) is 0 Å². The molecule has 1 aliphatic rings. The summed E-state index contributed by atoms with van der Waals surface area (Å²) in [6.45, 7) is 0.732. The fourth-order valence-electron chi connectivity index (χ4n) is 2.65. The number of halogens is 1. The van der Waals surface area contributed by atoms with Crippen LogP contribution < -0.4 is 10.5 Å². The smallest absolute Gasteiger partial charge is 0.243 e. The summed E-state index contributed by atoms with van der Waals surface area (Å²) in [7, 11) is -2.17. The molecule has 0 saturated carbocycles. The van der Waals surface area contributed by atoms with E-state index in [-0.39, 0.29) is 22.3 Å². The summed E-state index contributed by atoms with van der Waals surface area (Å²) < 4.78 is 31.8. The van der Waals surface area contributed by atoms with Crippen molar-refractivity contribution in [2.24, 2.45) is 11.7 Å². The molecule has 0 radical (unpaired) electrons. The van der Waals surface area contributed by atoms with Crippen LogP contribution in [0.25, 0.3) is 0 Å². The van der Waals surface area contributed by atoms with E-state index in [9.17, 15) is 13.2 Å². The molecule has 1 aromatic carbocycles. The molecule has 1 fully saturated rings. The zero-order valence-corrected chi connectivity index (χ0v) is 13.9. The van der Waals surface area contributed by atoms with Crippen LogP contribution in [0.2, 0.25) is 5.02 Å². The van der Waals surface area contributed by atoms with Crippen molar-refractivity contribution in [3.8, 4) is 5.75 Å². The molecule has 1 atom stereocenters. The Morgan fingerprint density at radius 1 is 1.50 bits per heavy atom. The van der Waals surface area contributed by atoms with E-state index in [1.54, 1.807) is 0 Å². The van der Waals surface area contributed by atoms with Crippen LogP contribution in [-0.4, -0.2) is 38.8 Å². The van der Waals surface area contributed by atoms with Crippen LogP contribution in [0.5, 0.6) is 5.75 Å². The zero-order chi connectivity index (χ0) is 16.3. The van der Waals surface area contributed by atoms with E-state index in [0.29, 0.717) is 25.3 Å². The third-order valence-electron chi connectivity index (χ3n) is 3.73. The predicted octanol–water partition coefficient (Wildman–Crippen LogP) is 1.62. The molecule has 1 saturated heterocycles. The first kappa shape index (κ1) is 17.1. The van der Waals surface area contributed by atoms with Crippen molar-refractivity contribution in [3.05, 3.63) is 23.2 Å². The number of rotatable bonds is 5. The Kier molecular flexibility index (Phi) is 5.31. The Morgan fingerprint density at radius 2 is 2.23 bits per heavy atom. The van der Waals surface area contributed by atoms with Gasteiger partial charge in [0.1, 0.15) is 5.75 Å². The molecule has 0 aromatic heterocycles. The molecule has 2 N–H and O–H groups in total. The lowest BCUT2D eigenvalue weighted by atomic mass is 9.96. The summed E-state index contributed by atoms with van der Waals surface area (Å²) >= 11 is 6.00. The molecule has 8 heteroatoms. The lowest BCUT2D eigenvalue weighted by Crippen LogP contribution is -2.40. The third kappa shape index (κ3) is 3.71. The normalized spacial score (nSPS) is 19.8. The van der Waals surface area contributed by atoms with Gasteiger partial charge in [-0.15, -0.1) is 0 Å². The zero-order valence-electron chi connectivity index (χ0n) is 12.3. The van der Waals surface area contributed by atoms with Gasteiger partial charge in [-0.1, -0.05) is 11.6 Å². The Balaban J connectivity index is 2.22. The number of amides is 1. The van der Waals surface area contributed by atoms with Gasteiger partial charge in [0.15, 0.2) is 0 Å². The number of ether oxygens (including phenoxy) is 1. The first-order valence-electron chi connectivity index (χ1n) is 6.96. The fourth-order valence-corrected chi connectivity index (χ4v) is 4.56. The topological polar surface area (TPSA) is 89.7 Å². The monoisotopic (exact) mass is 346 g/mol. The fraction of sp³-hybridized carbons (Fsp3) is 0.500. The molecule has 0 bridgehead atoms. The third-order valence-corrected chi connectivity index (χ3v) is 5.89. The van der Waals surface area contributed by atoms with Gasteiger partial charge < -0.3 is 10.5 Å². The second kappa shape index (κ2) is 6.85. The standard InChI is InChI=1S/C14H19ClN2O4S/c1-21-13-5-4-11(8-12(13)15)22(19,20)17-6-2-3-10(9-17)7-14(16)18/h4-5,8,10H,2-3,6-7,9H2,1H3,(H2,16,18). The minimum Gasteiger partial charge on any atom is -0.495 e. The summed E-state index contributed by atoms with van der Waals surface area (Å²) in [6, 6.07) is 4.38. The largest absolute Gasteiger partial charge is 0.495 e. The first-order chi connectivity index (χ1) is 10.3. The molecule has 2 rings (SSSR count). The van der Waals surface area contributed by atoms with Crippen molar-refractivity contribution in [2.45, 2.75) is 24.2 Å². The van der Waals surface area contributed by atoms with Gasteiger partial charge in [-0.25, -0.2) is 8.42 Å². The van der Waals surface area contributed by atoms with Crippen molar-refractivity contribution in [3.63, 3.8) is 0 Å². The number of primary amides is 1. The number of sulfonamides is 1. The molecule has 1 unspecified atom stereocenters. The quantitative estimate of drug-likeness (QED) is 0.877. The maximum atomic E-state index is 12.7. The highest BCUT2D eigenvalue weighted by Crippen LogP contribution is 2.30. The van der Waals surface area contributed by atoms with E-state index < -0.39 is 15.9 Å². The van der Waals surface area contributed by atoms with Crippen LogP contribution in [0, 0.1) is 5.92 Å². The van der Waals surface area contributed by atoms with Crippen molar-refractivity contribution >= 4 is 27.5 Å². The summed E-state index contributed by atoms with van der Waals surface area (Å²) in [5.41, 5.74) is 5.20. The van der Waals surface area contributed by atoms with E-state index >= 15 is 0 Å². The van der Waals surface area contributed by atoms with E-state index in [2.05, 4.69) is 0 Å². The maximum absolute atomic E-state index is 12.7. The van der Waals surface area contributed by atoms with Crippen molar-refractivity contribution in [1.29, 1.82) is 0 Å². The molecule has 0 aliphatic carbocycles. The van der Waals surface area contributed by atoms with Crippen LogP contribution in [0.4, 0.5) is 0 Å². The van der Waals surface area contributed by atoms with Crippen molar-refractivity contribution < 1.29 is 17.9 Å². The van der Waals surface area contributed by atoms with Crippen molar-refractivity contribution in [2.75, 3.05) is 20.2 Å². The Bertz CT molecular complexity index is 663. The van der Waals surface area contributed by atoms with E-state index in [4.69, 9.17) is 22.1 Å². The van der Waals surface area contributed by atoms with Gasteiger partial charge in [-0.2, -0.15) is 4.31 Å². The van der Waals surface area contributed by atoms with Gasteiger partial charge in [-0.05, 0) is 37.0 Å². The Hall–Kier alpha value is -1.31. The minimum atomic E-state index is -3.64. The average Bonchev–Trinajstić information content (AvgIpc) is 2.46. The van der Waals surface area contributed by atoms with E-state index in [0.717, 1.165) is 6.42 Å². The number of hydrogen-bond donors (Lipinski definition) is 1. The van der Waals surface area contributed by atoms with Crippen LogP contribution >= 0.6 is 11.6 Å². The maximum Gasteiger partial charge on any atom is 0.243 e. The lowest BCUT2D eigenvalue weighted by Gasteiger charge is -2.31. The SMILES string of the molecule is COc1ccc(S(=O)(=O)N2CCCC(CC(N)=O)C2)cc1Cl. The number of carbonyl (C=O) groups is 1. The number of benzene rings is 1. The number of hydrogen-bond acceptors (Lipinski definition) is 4. The van der Waals surface area contributed by atoms with Gasteiger partial charge in [-0.3, -0.25) is 4.79 Å². The Morgan fingerprint density at radius 3 is 2.82 bits per heavy atom. The highest BCUT2D eigenvalue weighted by Gasteiger charge is 2.31. The highest BCUT2D eigenvalue weighted by molar-refractivity contribution is 7.89. The molecular weight excluding hydrogens is 328 g/mol. The second-order valence-corrected chi connectivity index (χ2v) is 7.68. The van der Waals surface area contributed by atoms with Gasteiger partial charge >= 0.3 is 0 Å². The number of methoxy groups -OCH3 is 1. The Labute approximate surface area is 135 Å². The molecule has 1 aliphatic heterocycles. The van der Waals surface area contributed by atoms with Gasteiger partial charge in [0.05, 0.1) is 17.0 Å². The summed E-state index contributed by atoms with van der Waals surface area (Å²) in [5.74, 6) is -0.0163. The lowest BCUT2D eigenvalue weighted by molar-refractivity contribution is -0.119. The van der Waals surface area contributed by atoms with E-state index in [1.807, 2.05) is 0 Å². The average molecular weight is 347 g/mol. The number of piperidine rings is 1. The highest BCUT2D eigenvalue weighted by atomic mass is 35.5. The van der Waals surface area contributed by atoms with Gasteiger partial charge in [0.2, 0.25) is 15.9 Å². The van der Waals surface area contributed by atoms with Crippen molar-refractivity contribution in [1.82, 2.24) is 4.31 Å². The molecule has 1 aromatic rings. The summed E-state index contributed by atoms with van der Waals surface area (Å²) in [4.78, 5) is 11.2. The first-order valence-corrected chi connectivity index (χ1v) is 8.78. The van der Waals surface area contributed by atoms with E-state index in [1.165, 1.54) is 29.6 Å². The number of nitrogens with two attached hydrogens (primary N) is 1. The summed E-state index contributed by atoms with van der Waals surface area (Å²) in [6.07, 6.45) is 1.72. The molecular formula is C14H19ClN2O4S. The number of nitrogens with zero attached hydrogens (tertiary/aromatic N) is 1. The molecule has 1 heterocycles. The van der Waals surface area contributed by atoms with Crippen LogP contribution in [0.1, 0.15) is 19.3 Å². The van der Waals surface area contributed by atoms with Crippen LogP contribution in [0.15, 0.2) is 23.1 Å². The van der Waals surface area contributed by atoms with Crippen LogP contribution in [-0.2, 0) is 14.8 Å². The molecule has 1 amide bonds.